The van der Waals surface area contributed by atoms with Crippen molar-refractivity contribution >= 4 is 0 Å². The highest BCUT2D eigenvalue weighted by Crippen LogP contribution is 2.33. The van der Waals surface area contributed by atoms with Gasteiger partial charge in [0.05, 0.1) is 19.9 Å². The van der Waals surface area contributed by atoms with Crippen molar-refractivity contribution in [3.63, 3.8) is 0 Å². The molecule has 0 radical (unpaired) electrons. The van der Waals surface area contributed by atoms with E-state index in [1.807, 2.05) is 89.9 Å². The maximum Gasteiger partial charge on any atom is 0.173 e. The van der Waals surface area contributed by atoms with Crippen molar-refractivity contribution < 1.29 is 42.4 Å². The summed E-state index contributed by atoms with van der Waals surface area (Å²) < 4.78 is 26.2. The fraction of sp³-hybridized carbons (Fsp3) is 0.100. The van der Waals surface area contributed by atoms with Crippen LogP contribution in [0.2, 0.25) is 0 Å². The van der Waals surface area contributed by atoms with Gasteiger partial charge in [-0.3, -0.25) is 0 Å². The molecule has 0 unspecified atom stereocenters. The van der Waals surface area contributed by atoms with Crippen LogP contribution >= 0.6 is 0 Å². The fourth-order valence-corrected chi connectivity index (χ4v) is 4.03. The van der Waals surface area contributed by atoms with Crippen LogP contribution in [0.5, 0.6) is 11.5 Å². The van der Waals surface area contributed by atoms with Gasteiger partial charge >= 0.3 is 0 Å². The van der Waals surface area contributed by atoms with Gasteiger partial charge in [-0.05, 0) is 54.1 Å². The van der Waals surface area contributed by atoms with E-state index in [0.29, 0.717) is 12.4 Å². The second kappa shape index (κ2) is 11.9. The fourth-order valence-electron chi connectivity index (χ4n) is 4.03. The van der Waals surface area contributed by atoms with Crippen LogP contribution in [-0.2, 0) is 6.54 Å². The van der Waals surface area contributed by atoms with E-state index in [-0.39, 0.29) is 29.8 Å². The van der Waals surface area contributed by atoms with E-state index in [4.69, 9.17) is 14.5 Å². The Morgan fingerprint density at radius 3 is 1.97 bits per heavy atom. The van der Waals surface area contributed by atoms with Crippen LogP contribution < -0.4 is 38.0 Å². The highest BCUT2D eigenvalue weighted by molar-refractivity contribution is 5.81. The molecule has 3 aromatic carbocycles. The molecular formula is C30H25FIN3O2. The molecule has 2 heterocycles. The van der Waals surface area contributed by atoms with Gasteiger partial charge in [0.15, 0.2) is 24.8 Å². The standard InChI is InChI=1S/C30H25FN3O2.HI/c1-35-26-10-6-22(7-11-26)28-19-32-30(33-29(28)23-8-12-27(36-2)13-9-23)24-14-16-34(17-15-24)20-21-4-3-5-25(31)18-21;/h3-19H,20H2,1-2H3;1H/q+1;/p-1. The number of halogens is 2. The van der Waals surface area contributed by atoms with Gasteiger partial charge in [-0.15, -0.1) is 0 Å². The van der Waals surface area contributed by atoms with E-state index in [1.54, 1.807) is 26.4 Å². The molecule has 5 aromatic rings. The largest absolute Gasteiger partial charge is 1.00 e. The Morgan fingerprint density at radius 1 is 0.757 bits per heavy atom. The van der Waals surface area contributed by atoms with Crippen LogP contribution in [0.15, 0.2) is 104 Å². The minimum atomic E-state index is -0.235. The van der Waals surface area contributed by atoms with Crippen molar-refractivity contribution in [2.75, 3.05) is 14.2 Å². The van der Waals surface area contributed by atoms with Gasteiger partial charge in [0.1, 0.15) is 17.3 Å². The van der Waals surface area contributed by atoms with Crippen molar-refractivity contribution in [2.24, 2.45) is 0 Å². The minimum Gasteiger partial charge on any atom is -1.00 e. The van der Waals surface area contributed by atoms with Gasteiger partial charge in [-0.2, -0.15) is 0 Å². The molecule has 5 rings (SSSR count). The topological polar surface area (TPSA) is 48.1 Å². The van der Waals surface area contributed by atoms with Gasteiger partial charge < -0.3 is 33.5 Å². The summed E-state index contributed by atoms with van der Waals surface area (Å²) in [6, 6.07) is 26.3. The predicted molar refractivity (Wildman–Crippen MR) is 137 cm³/mol. The molecule has 0 aliphatic rings. The van der Waals surface area contributed by atoms with Crippen LogP contribution in [0.1, 0.15) is 5.56 Å². The predicted octanol–water partition coefficient (Wildman–Crippen LogP) is 2.97. The smallest absolute Gasteiger partial charge is 0.173 e. The molecule has 7 heteroatoms. The first kappa shape index (κ1) is 26.2. The zero-order valence-corrected chi connectivity index (χ0v) is 22.6. The van der Waals surface area contributed by atoms with Crippen molar-refractivity contribution in [3.05, 3.63) is 115 Å². The zero-order valence-electron chi connectivity index (χ0n) is 20.4. The SMILES string of the molecule is COc1ccc(-c2cnc(-c3cc[n+](Cc4cccc(F)c4)cc3)nc2-c2ccc(OC)cc2)cc1.[I-]. The average Bonchev–Trinajstić information content (AvgIpc) is 2.93. The second-order valence-corrected chi connectivity index (χ2v) is 8.30. The molecule has 0 spiro atoms. The zero-order chi connectivity index (χ0) is 24.9. The number of pyridine rings is 1. The van der Waals surface area contributed by atoms with Gasteiger partial charge in [0.25, 0.3) is 0 Å². The van der Waals surface area contributed by atoms with Crippen LogP contribution in [0.3, 0.4) is 0 Å². The van der Waals surface area contributed by atoms with E-state index >= 15 is 0 Å². The summed E-state index contributed by atoms with van der Waals surface area (Å²) in [6.45, 7) is 0.576. The molecular weight excluding hydrogens is 580 g/mol. The third-order valence-corrected chi connectivity index (χ3v) is 5.96. The molecule has 0 bridgehead atoms. The van der Waals surface area contributed by atoms with Crippen LogP contribution in [-0.4, -0.2) is 24.2 Å². The third kappa shape index (κ3) is 6.11. The first-order chi connectivity index (χ1) is 17.6. The summed E-state index contributed by atoms with van der Waals surface area (Å²) in [5, 5.41) is 0. The summed E-state index contributed by atoms with van der Waals surface area (Å²) in [6.07, 6.45) is 5.76. The van der Waals surface area contributed by atoms with E-state index in [9.17, 15) is 4.39 Å². The van der Waals surface area contributed by atoms with Crippen molar-refractivity contribution in [1.82, 2.24) is 9.97 Å². The summed E-state index contributed by atoms with van der Waals surface area (Å²) in [4.78, 5) is 9.66. The van der Waals surface area contributed by atoms with E-state index in [0.717, 1.165) is 45.0 Å². The Balaban J connectivity index is 0.00000320. The molecule has 0 saturated heterocycles. The number of hydrogen-bond donors (Lipinski definition) is 0. The first-order valence-corrected chi connectivity index (χ1v) is 11.5. The number of hydrogen-bond acceptors (Lipinski definition) is 4. The first-order valence-electron chi connectivity index (χ1n) is 11.5. The Kier molecular flexibility index (Phi) is 8.45. The molecule has 5 nitrogen and oxygen atoms in total. The molecule has 0 saturated carbocycles. The Morgan fingerprint density at radius 2 is 1.38 bits per heavy atom. The number of rotatable bonds is 7. The van der Waals surface area contributed by atoms with Gasteiger partial charge in [0, 0.05) is 40.6 Å². The summed E-state index contributed by atoms with van der Waals surface area (Å²) >= 11 is 0. The lowest BCUT2D eigenvalue weighted by molar-refractivity contribution is -0.688. The molecule has 0 aliphatic heterocycles. The third-order valence-electron chi connectivity index (χ3n) is 5.96. The number of ether oxygens (including phenoxy) is 2. The molecule has 37 heavy (non-hydrogen) atoms. The monoisotopic (exact) mass is 605 g/mol. The lowest BCUT2D eigenvalue weighted by Gasteiger charge is -2.12. The molecule has 0 fully saturated rings. The highest BCUT2D eigenvalue weighted by atomic mass is 127. The Labute approximate surface area is 232 Å². The molecule has 0 aliphatic carbocycles. The summed E-state index contributed by atoms with van der Waals surface area (Å²) in [5.74, 6) is 1.96. The second-order valence-electron chi connectivity index (χ2n) is 8.30. The molecule has 2 aromatic heterocycles. The average molecular weight is 605 g/mol. The van der Waals surface area contributed by atoms with Crippen molar-refractivity contribution in [3.8, 4) is 45.3 Å². The Hall–Kier alpha value is -3.85. The van der Waals surface area contributed by atoms with Crippen LogP contribution in [0, 0.1) is 5.82 Å². The number of aromatic nitrogens is 3. The quantitative estimate of drug-likeness (QED) is 0.212. The number of benzene rings is 3. The van der Waals surface area contributed by atoms with Crippen LogP contribution in [0.25, 0.3) is 33.8 Å². The summed E-state index contributed by atoms with van der Waals surface area (Å²) in [7, 11) is 3.30. The van der Waals surface area contributed by atoms with E-state index in [1.165, 1.54) is 6.07 Å². The number of methoxy groups -OCH3 is 2. The minimum absolute atomic E-state index is 0. The van der Waals surface area contributed by atoms with E-state index in [2.05, 4.69) is 4.98 Å². The van der Waals surface area contributed by atoms with Gasteiger partial charge in [-0.1, -0.05) is 24.3 Å². The molecule has 0 atom stereocenters. The lowest BCUT2D eigenvalue weighted by Crippen LogP contribution is -3.00. The van der Waals surface area contributed by atoms with Crippen molar-refractivity contribution in [1.29, 1.82) is 0 Å². The van der Waals surface area contributed by atoms with Gasteiger partial charge in [-0.25, -0.2) is 18.9 Å². The van der Waals surface area contributed by atoms with E-state index < -0.39 is 0 Å². The van der Waals surface area contributed by atoms with Gasteiger partial charge in [0.2, 0.25) is 0 Å². The maximum atomic E-state index is 13.5. The molecule has 186 valence electrons. The normalized spacial score (nSPS) is 10.5. The molecule has 0 amide bonds. The highest BCUT2D eigenvalue weighted by Gasteiger charge is 2.14. The Bertz CT molecular complexity index is 1480. The lowest BCUT2D eigenvalue weighted by atomic mass is 10.00. The summed E-state index contributed by atoms with van der Waals surface area (Å²) in [5.41, 5.74) is 5.49. The maximum absolute atomic E-state index is 13.5. The van der Waals surface area contributed by atoms with Crippen molar-refractivity contribution in [2.45, 2.75) is 6.54 Å². The number of nitrogens with zero attached hydrogens (tertiary/aromatic N) is 3. The molecule has 0 N–H and O–H groups in total. The van der Waals surface area contributed by atoms with Crippen LogP contribution in [0.4, 0.5) is 4.39 Å².